The van der Waals surface area contributed by atoms with Gasteiger partial charge in [-0.25, -0.2) is 0 Å². The van der Waals surface area contributed by atoms with Crippen molar-refractivity contribution in [2.45, 2.75) is 26.4 Å². The smallest absolute Gasteiger partial charge is 0.143 e. The molecule has 1 aliphatic carbocycles. The zero-order valence-electron chi connectivity index (χ0n) is 8.36. The van der Waals surface area contributed by atoms with E-state index in [1.54, 1.807) is 0 Å². The van der Waals surface area contributed by atoms with Gasteiger partial charge in [-0.2, -0.15) is 0 Å². The summed E-state index contributed by atoms with van der Waals surface area (Å²) in [5, 5.41) is 9.08. The summed E-state index contributed by atoms with van der Waals surface area (Å²) in [6.45, 7) is 2.61. The Labute approximate surface area is 83.7 Å². The van der Waals surface area contributed by atoms with Gasteiger partial charge in [-0.05, 0) is 37.8 Å². The van der Waals surface area contributed by atoms with Crippen LogP contribution in [0.3, 0.4) is 0 Å². The lowest BCUT2D eigenvalue weighted by molar-refractivity contribution is 0.252. The molecule has 3 heteroatoms. The maximum absolute atomic E-state index is 9.08. The van der Waals surface area contributed by atoms with Crippen molar-refractivity contribution in [1.82, 2.24) is 4.98 Å². The molecule has 1 N–H and O–H groups in total. The third kappa shape index (κ3) is 2.23. The fourth-order valence-corrected chi connectivity index (χ4v) is 1.33. The standard InChI is InChI=1S/C11H15NO2/c1-8-2-5-11(10(6-13)12-8)14-7-9-3-4-9/h2,5,9,13H,3-4,6-7H2,1H3. The van der Waals surface area contributed by atoms with Crippen LogP contribution in [-0.4, -0.2) is 16.7 Å². The number of aryl methyl sites for hydroxylation is 1. The Hall–Kier alpha value is -1.09. The Morgan fingerprint density at radius 2 is 2.29 bits per heavy atom. The van der Waals surface area contributed by atoms with Crippen LogP contribution in [0.4, 0.5) is 0 Å². The molecular formula is C11H15NO2. The summed E-state index contributed by atoms with van der Waals surface area (Å²) >= 11 is 0. The lowest BCUT2D eigenvalue weighted by Crippen LogP contribution is -2.03. The molecule has 1 saturated carbocycles. The SMILES string of the molecule is Cc1ccc(OCC2CC2)c(CO)n1. The first-order valence-corrected chi connectivity index (χ1v) is 5.00. The first-order chi connectivity index (χ1) is 6.79. The molecule has 1 aromatic rings. The van der Waals surface area contributed by atoms with E-state index in [9.17, 15) is 0 Å². The molecule has 1 heterocycles. The first kappa shape index (κ1) is 9.46. The van der Waals surface area contributed by atoms with Gasteiger partial charge in [0.2, 0.25) is 0 Å². The van der Waals surface area contributed by atoms with Gasteiger partial charge in [-0.15, -0.1) is 0 Å². The molecule has 0 saturated heterocycles. The van der Waals surface area contributed by atoms with Crippen molar-refractivity contribution in [3.8, 4) is 5.75 Å². The van der Waals surface area contributed by atoms with Crippen LogP contribution in [-0.2, 0) is 6.61 Å². The number of pyridine rings is 1. The maximum Gasteiger partial charge on any atom is 0.143 e. The Morgan fingerprint density at radius 1 is 1.50 bits per heavy atom. The van der Waals surface area contributed by atoms with E-state index in [2.05, 4.69) is 4.98 Å². The van der Waals surface area contributed by atoms with Crippen molar-refractivity contribution >= 4 is 0 Å². The highest BCUT2D eigenvalue weighted by atomic mass is 16.5. The second-order valence-electron chi connectivity index (χ2n) is 3.81. The van der Waals surface area contributed by atoms with Crippen molar-refractivity contribution in [3.63, 3.8) is 0 Å². The predicted octanol–water partition coefficient (Wildman–Crippen LogP) is 1.67. The highest BCUT2D eigenvalue weighted by Crippen LogP contribution is 2.30. The molecule has 14 heavy (non-hydrogen) atoms. The molecule has 0 aromatic carbocycles. The van der Waals surface area contributed by atoms with Crippen molar-refractivity contribution in [3.05, 3.63) is 23.5 Å². The lowest BCUT2D eigenvalue weighted by Gasteiger charge is -2.09. The van der Waals surface area contributed by atoms with E-state index < -0.39 is 0 Å². The number of ether oxygens (including phenoxy) is 1. The van der Waals surface area contributed by atoms with Gasteiger partial charge in [0.1, 0.15) is 11.4 Å². The van der Waals surface area contributed by atoms with Crippen LogP contribution in [0, 0.1) is 12.8 Å². The van der Waals surface area contributed by atoms with E-state index in [0.29, 0.717) is 5.69 Å². The van der Waals surface area contributed by atoms with Crippen molar-refractivity contribution in [2.24, 2.45) is 5.92 Å². The normalized spacial score (nSPS) is 15.6. The summed E-state index contributed by atoms with van der Waals surface area (Å²) in [5.41, 5.74) is 1.55. The number of aromatic nitrogens is 1. The van der Waals surface area contributed by atoms with Gasteiger partial charge < -0.3 is 9.84 Å². The molecule has 0 amide bonds. The molecule has 0 spiro atoms. The average molecular weight is 193 g/mol. The zero-order chi connectivity index (χ0) is 9.97. The lowest BCUT2D eigenvalue weighted by atomic mass is 10.3. The van der Waals surface area contributed by atoms with Crippen LogP contribution in [0.15, 0.2) is 12.1 Å². The van der Waals surface area contributed by atoms with Crippen LogP contribution in [0.2, 0.25) is 0 Å². The maximum atomic E-state index is 9.08. The quantitative estimate of drug-likeness (QED) is 0.791. The number of aliphatic hydroxyl groups excluding tert-OH is 1. The van der Waals surface area contributed by atoms with E-state index in [4.69, 9.17) is 9.84 Å². The Bertz CT molecular complexity index is 321. The highest BCUT2D eigenvalue weighted by Gasteiger charge is 2.22. The largest absolute Gasteiger partial charge is 0.491 e. The third-order valence-corrected chi connectivity index (χ3v) is 2.39. The number of rotatable bonds is 4. The number of hydrogen-bond donors (Lipinski definition) is 1. The predicted molar refractivity (Wildman–Crippen MR) is 53.1 cm³/mol. The van der Waals surface area contributed by atoms with Crippen molar-refractivity contribution in [2.75, 3.05) is 6.61 Å². The molecule has 0 unspecified atom stereocenters. The molecule has 0 radical (unpaired) electrons. The summed E-state index contributed by atoms with van der Waals surface area (Å²) < 4.78 is 5.58. The molecular weight excluding hydrogens is 178 g/mol. The monoisotopic (exact) mass is 193 g/mol. The summed E-state index contributed by atoms with van der Waals surface area (Å²) in [7, 11) is 0. The molecule has 1 fully saturated rings. The minimum Gasteiger partial charge on any atom is -0.491 e. The molecule has 0 aliphatic heterocycles. The molecule has 1 aliphatic rings. The number of aliphatic hydroxyl groups is 1. The Morgan fingerprint density at radius 3 is 2.93 bits per heavy atom. The van der Waals surface area contributed by atoms with Crippen molar-refractivity contribution in [1.29, 1.82) is 0 Å². The van der Waals surface area contributed by atoms with Crippen LogP contribution >= 0.6 is 0 Å². The molecule has 76 valence electrons. The van der Waals surface area contributed by atoms with E-state index >= 15 is 0 Å². The van der Waals surface area contributed by atoms with Gasteiger partial charge in [0.25, 0.3) is 0 Å². The average Bonchev–Trinajstić information content (AvgIpc) is 2.99. The molecule has 0 atom stereocenters. The van der Waals surface area contributed by atoms with Crippen LogP contribution < -0.4 is 4.74 Å². The minimum absolute atomic E-state index is 0.0539. The summed E-state index contributed by atoms with van der Waals surface area (Å²) in [6, 6.07) is 3.79. The second kappa shape index (κ2) is 3.96. The minimum atomic E-state index is -0.0539. The highest BCUT2D eigenvalue weighted by molar-refractivity contribution is 5.28. The van der Waals surface area contributed by atoms with Crippen molar-refractivity contribution < 1.29 is 9.84 Å². The number of nitrogens with zero attached hydrogens (tertiary/aromatic N) is 1. The summed E-state index contributed by atoms with van der Waals surface area (Å²) in [6.07, 6.45) is 2.54. The van der Waals surface area contributed by atoms with Crippen LogP contribution in [0.1, 0.15) is 24.2 Å². The van der Waals surface area contributed by atoms with Gasteiger partial charge in [0.05, 0.1) is 13.2 Å². The molecule has 1 aromatic heterocycles. The van der Waals surface area contributed by atoms with E-state index in [1.807, 2.05) is 19.1 Å². The molecule has 2 rings (SSSR count). The van der Waals surface area contributed by atoms with Gasteiger partial charge in [0, 0.05) is 5.69 Å². The zero-order valence-corrected chi connectivity index (χ0v) is 8.36. The summed E-state index contributed by atoms with van der Waals surface area (Å²) in [5.74, 6) is 1.45. The van der Waals surface area contributed by atoms with Crippen LogP contribution in [0.5, 0.6) is 5.75 Å². The Kier molecular flexibility index (Phi) is 2.68. The second-order valence-corrected chi connectivity index (χ2v) is 3.81. The van der Waals surface area contributed by atoms with Gasteiger partial charge in [-0.1, -0.05) is 0 Å². The Balaban J connectivity index is 2.05. The van der Waals surface area contributed by atoms with Gasteiger partial charge >= 0.3 is 0 Å². The van der Waals surface area contributed by atoms with Gasteiger partial charge in [-0.3, -0.25) is 4.98 Å². The van der Waals surface area contributed by atoms with Gasteiger partial charge in [0.15, 0.2) is 0 Å². The summed E-state index contributed by atoms with van der Waals surface area (Å²) in [4.78, 5) is 4.21. The fourth-order valence-electron chi connectivity index (χ4n) is 1.33. The van der Waals surface area contributed by atoms with E-state index in [0.717, 1.165) is 24.0 Å². The van der Waals surface area contributed by atoms with Crippen LogP contribution in [0.25, 0.3) is 0 Å². The topological polar surface area (TPSA) is 42.4 Å². The fraction of sp³-hybridized carbons (Fsp3) is 0.545. The third-order valence-electron chi connectivity index (χ3n) is 2.39. The van der Waals surface area contributed by atoms with E-state index in [1.165, 1.54) is 12.8 Å². The van der Waals surface area contributed by atoms with E-state index in [-0.39, 0.29) is 6.61 Å². The first-order valence-electron chi connectivity index (χ1n) is 5.00. The number of hydrogen-bond acceptors (Lipinski definition) is 3. The molecule has 0 bridgehead atoms. The molecule has 3 nitrogen and oxygen atoms in total.